The Hall–Kier alpha value is -2.14. The van der Waals surface area contributed by atoms with E-state index in [9.17, 15) is 4.79 Å². The first-order valence-electron chi connectivity index (χ1n) is 7.66. The normalized spacial score (nSPS) is 13.2. The molecule has 1 aliphatic rings. The summed E-state index contributed by atoms with van der Waals surface area (Å²) in [4.78, 5) is 12.4. The molecule has 22 heavy (non-hydrogen) atoms. The fraction of sp³-hybridized carbons (Fsp3) is 0.412. The second-order valence-corrected chi connectivity index (χ2v) is 5.57. The van der Waals surface area contributed by atoms with E-state index < -0.39 is 0 Å². The summed E-state index contributed by atoms with van der Waals surface area (Å²) in [6.45, 7) is 3.07. The lowest BCUT2D eigenvalue weighted by Gasteiger charge is -2.08. The van der Waals surface area contributed by atoms with E-state index in [1.165, 1.54) is 5.69 Å². The van der Waals surface area contributed by atoms with E-state index in [2.05, 4.69) is 23.4 Å². The zero-order valence-electron chi connectivity index (χ0n) is 13.1. The SMILES string of the molecule is COCCNC(=O)c1nn(-c2ccccc2C)c2c1CCC2. The van der Waals surface area contributed by atoms with E-state index >= 15 is 0 Å². The van der Waals surface area contributed by atoms with Crippen LogP contribution in [0, 0.1) is 6.92 Å². The topological polar surface area (TPSA) is 56.1 Å². The first-order valence-corrected chi connectivity index (χ1v) is 7.66. The number of fused-ring (bicyclic) bond motifs is 1. The number of aromatic nitrogens is 2. The summed E-state index contributed by atoms with van der Waals surface area (Å²) in [7, 11) is 1.62. The molecule has 1 heterocycles. The number of hydrogen-bond acceptors (Lipinski definition) is 3. The average molecular weight is 299 g/mol. The Bertz CT molecular complexity index is 691. The van der Waals surface area contributed by atoms with Crippen molar-refractivity contribution in [3.63, 3.8) is 0 Å². The van der Waals surface area contributed by atoms with E-state index in [0.29, 0.717) is 18.8 Å². The van der Waals surface area contributed by atoms with Crippen LogP contribution in [0.3, 0.4) is 0 Å². The summed E-state index contributed by atoms with van der Waals surface area (Å²) in [6.07, 6.45) is 2.98. The molecular weight excluding hydrogens is 278 g/mol. The maximum Gasteiger partial charge on any atom is 0.272 e. The number of nitrogens with one attached hydrogen (secondary N) is 1. The van der Waals surface area contributed by atoms with E-state index in [1.54, 1.807) is 7.11 Å². The summed E-state index contributed by atoms with van der Waals surface area (Å²) in [5, 5.41) is 7.47. The number of hydrogen-bond donors (Lipinski definition) is 1. The number of carbonyl (C=O) groups is 1. The van der Waals surface area contributed by atoms with Gasteiger partial charge in [-0.25, -0.2) is 4.68 Å². The van der Waals surface area contributed by atoms with Crippen LogP contribution in [0.25, 0.3) is 5.69 Å². The van der Waals surface area contributed by atoms with E-state index in [4.69, 9.17) is 4.74 Å². The molecule has 3 rings (SSSR count). The number of aryl methyl sites for hydroxylation is 1. The molecular formula is C17H21N3O2. The van der Waals surface area contributed by atoms with Crippen LogP contribution in [0.5, 0.6) is 0 Å². The van der Waals surface area contributed by atoms with Crippen LogP contribution >= 0.6 is 0 Å². The monoisotopic (exact) mass is 299 g/mol. The van der Waals surface area contributed by atoms with Crippen molar-refractivity contribution in [1.82, 2.24) is 15.1 Å². The molecule has 0 spiro atoms. The predicted molar refractivity (Wildman–Crippen MR) is 84.5 cm³/mol. The lowest BCUT2D eigenvalue weighted by molar-refractivity contribution is 0.0931. The van der Waals surface area contributed by atoms with Gasteiger partial charge in [0, 0.05) is 24.9 Å². The fourth-order valence-corrected chi connectivity index (χ4v) is 2.97. The summed E-state index contributed by atoms with van der Waals surface area (Å²) >= 11 is 0. The molecule has 5 heteroatoms. The van der Waals surface area contributed by atoms with Crippen molar-refractivity contribution in [2.24, 2.45) is 0 Å². The molecule has 116 valence electrons. The Labute approximate surface area is 130 Å². The average Bonchev–Trinajstić information content (AvgIpc) is 3.10. The number of carbonyl (C=O) groups excluding carboxylic acids is 1. The van der Waals surface area contributed by atoms with E-state index in [-0.39, 0.29) is 5.91 Å². The van der Waals surface area contributed by atoms with Gasteiger partial charge < -0.3 is 10.1 Å². The fourth-order valence-electron chi connectivity index (χ4n) is 2.97. The number of benzene rings is 1. The maximum atomic E-state index is 12.4. The van der Waals surface area contributed by atoms with Crippen molar-refractivity contribution in [2.45, 2.75) is 26.2 Å². The molecule has 2 aromatic rings. The van der Waals surface area contributed by atoms with Crippen molar-refractivity contribution in [3.8, 4) is 5.69 Å². The zero-order valence-corrected chi connectivity index (χ0v) is 13.1. The van der Waals surface area contributed by atoms with E-state index in [0.717, 1.165) is 36.1 Å². The molecule has 0 radical (unpaired) electrons. The molecule has 1 aliphatic carbocycles. The highest BCUT2D eigenvalue weighted by atomic mass is 16.5. The minimum atomic E-state index is -0.109. The molecule has 1 amide bonds. The van der Waals surface area contributed by atoms with Crippen molar-refractivity contribution < 1.29 is 9.53 Å². The van der Waals surface area contributed by atoms with Gasteiger partial charge in [0.15, 0.2) is 5.69 Å². The smallest absolute Gasteiger partial charge is 0.272 e. The lowest BCUT2D eigenvalue weighted by atomic mass is 10.2. The second-order valence-electron chi connectivity index (χ2n) is 5.57. The van der Waals surface area contributed by atoms with Crippen LogP contribution in [-0.4, -0.2) is 35.9 Å². The van der Waals surface area contributed by atoms with Gasteiger partial charge in [-0.15, -0.1) is 0 Å². The summed E-state index contributed by atoms with van der Waals surface area (Å²) in [6, 6.07) is 8.13. The summed E-state index contributed by atoms with van der Waals surface area (Å²) in [5.74, 6) is -0.109. The Morgan fingerprint density at radius 3 is 2.95 bits per heavy atom. The molecule has 0 aliphatic heterocycles. The minimum Gasteiger partial charge on any atom is -0.383 e. The van der Waals surface area contributed by atoms with Crippen LogP contribution in [0.15, 0.2) is 24.3 Å². The molecule has 0 atom stereocenters. The molecule has 0 fully saturated rings. The van der Waals surface area contributed by atoms with Crippen LogP contribution in [0.4, 0.5) is 0 Å². The molecule has 0 saturated carbocycles. The Balaban J connectivity index is 1.95. The lowest BCUT2D eigenvalue weighted by Crippen LogP contribution is -2.28. The first-order chi connectivity index (χ1) is 10.7. The van der Waals surface area contributed by atoms with Crippen LogP contribution < -0.4 is 5.32 Å². The number of methoxy groups -OCH3 is 1. The third-order valence-electron chi connectivity index (χ3n) is 4.08. The van der Waals surface area contributed by atoms with Crippen molar-refractivity contribution in [1.29, 1.82) is 0 Å². The molecule has 1 aromatic heterocycles. The second kappa shape index (κ2) is 6.32. The van der Waals surface area contributed by atoms with Gasteiger partial charge in [0.2, 0.25) is 0 Å². The largest absolute Gasteiger partial charge is 0.383 e. The zero-order chi connectivity index (χ0) is 15.5. The van der Waals surface area contributed by atoms with Gasteiger partial charge in [0.1, 0.15) is 0 Å². The Morgan fingerprint density at radius 2 is 2.18 bits per heavy atom. The molecule has 0 bridgehead atoms. The third-order valence-corrected chi connectivity index (χ3v) is 4.08. The van der Waals surface area contributed by atoms with Gasteiger partial charge in [-0.3, -0.25) is 4.79 Å². The first kappa shape index (κ1) is 14.8. The van der Waals surface area contributed by atoms with Gasteiger partial charge >= 0.3 is 0 Å². The van der Waals surface area contributed by atoms with Gasteiger partial charge in [0.05, 0.1) is 12.3 Å². The minimum absolute atomic E-state index is 0.109. The molecule has 1 aromatic carbocycles. The third kappa shape index (κ3) is 2.64. The highest BCUT2D eigenvalue weighted by molar-refractivity contribution is 5.94. The van der Waals surface area contributed by atoms with Gasteiger partial charge in [-0.1, -0.05) is 18.2 Å². The Morgan fingerprint density at radius 1 is 1.36 bits per heavy atom. The number of rotatable bonds is 5. The number of nitrogens with zero attached hydrogens (tertiary/aromatic N) is 2. The highest BCUT2D eigenvalue weighted by Crippen LogP contribution is 2.28. The predicted octanol–water partition coefficient (Wildman–Crippen LogP) is 2.05. The van der Waals surface area contributed by atoms with Crippen LogP contribution in [-0.2, 0) is 17.6 Å². The van der Waals surface area contributed by atoms with Gasteiger partial charge in [-0.05, 0) is 37.8 Å². The van der Waals surface area contributed by atoms with Crippen LogP contribution in [0.2, 0.25) is 0 Å². The highest BCUT2D eigenvalue weighted by Gasteiger charge is 2.27. The number of para-hydroxylation sites is 1. The van der Waals surface area contributed by atoms with Crippen molar-refractivity contribution in [3.05, 3.63) is 46.8 Å². The maximum absolute atomic E-state index is 12.4. The molecule has 1 N–H and O–H groups in total. The molecule has 0 unspecified atom stereocenters. The summed E-state index contributed by atoms with van der Waals surface area (Å²) in [5.41, 5.74) is 5.04. The molecule has 5 nitrogen and oxygen atoms in total. The summed E-state index contributed by atoms with van der Waals surface area (Å²) < 4.78 is 6.92. The quantitative estimate of drug-likeness (QED) is 0.860. The standard InChI is InChI=1S/C17H21N3O2/c1-12-6-3-4-8-14(12)20-15-9-5-7-13(15)16(19-20)17(21)18-10-11-22-2/h3-4,6,8H,5,7,9-11H2,1-2H3,(H,18,21). The van der Waals surface area contributed by atoms with Gasteiger partial charge in [-0.2, -0.15) is 5.10 Å². The Kier molecular flexibility index (Phi) is 4.24. The van der Waals surface area contributed by atoms with Crippen molar-refractivity contribution in [2.75, 3.05) is 20.3 Å². The van der Waals surface area contributed by atoms with Gasteiger partial charge in [0.25, 0.3) is 5.91 Å². The molecule has 0 saturated heterocycles. The number of ether oxygens (including phenoxy) is 1. The van der Waals surface area contributed by atoms with Crippen molar-refractivity contribution >= 4 is 5.91 Å². The van der Waals surface area contributed by atoms with E-state index in [1.807, 2.05) is 22.9 Å². The number of amides is 1. The van der Waals surface area contributed by atoms with Crippen LogP contribution in [0.1, 0.15) is 33.7 Å².